The van der Waals surface area contributed by atoms with E-state index in [1.54, 1.807) is 36.4 Å². The number of aliphatic carboxylic acids is 1. The Morgan fingerprint density at radius 3 is 2.33 bits per heavy atom. The van der Waals surface area contributed by atoms with Gasteiger partial charge in [0.2, 0.25) is 0 Å². The molecule has 0 spiro atoms. The zero-order chi connectivity index (χ0) is 32.8. The number of carboxylic acid groups (broad SMARTS) is 1. The van der Waals surface area contributed by atoms with Gasteiger partial charge in [0.15, 0.2) is 5.03 Å². The van der Waals surface area contributed by atoms with Gasteiger partial charge in [0.1, 0.15) is 11.8 Å². The Labute approximate surface area is 262 Å². The number of benzene rings is 4. The molecule has 0 amide bonds. The third-order valence-electron chi connectivity index (χ3n) is 8.10. The van der Waals surface area contributed by atoms with Gasteiger partial charge in [0.05, 0.1) is 12.7 Å². The number of hydrogen-bond acceptors (Lipinski definition) is 5. The molecule has 236 valence electrons. The second kappa shape index (κ2) is 11.8. The number of halogens is 3. The SMILES string of the molecule is COc1ccc(CN2CC(C(=O)O)n3c(c(-c4cccc(C(F)(F)F)c4)c(Cc4cccc5ccccc45)cc3=O)S2(=O)=O)cc1. The summed E-state index contributed by atoms with van der Waals surface area (Å²) in [5, 5.41) is 11.2. The average molecular weight is 649 g/mol. The van der Waals surface area contributed by atoms with Crippen LogP contribution in [0.15, 0.2) is 107 Å². The number of carbonyl (C=O) groups is 1. The maximum absolute atomic E-state index is 14.5. The van der Waals surface area contributed by atoms with E-state index in [2.05, 4.69) is 0 Å². The van der Waals surface area contributed by atoms with Crippen LogP contribution in [0.3, 0.4) is 0 Å². The van der Waals surface area contributed by atoms with Crippen molar-refractivity contribution in [2.24, 2.45) is 0 Å². The van der Waals surface area contributed by atoms with Crippen molar-refractivity contribution in [1.82, 2.24) is 8.87 Å². The molecule has 6 rings (SSSR count). The first-order valence-corrected chi connectivity index (χ1v) is 15.6. The maximum Gasteiger partial charge on any atom is 0.416 e. The van der Waals surface area contributed by atoms with Gasteiger partial charge in [0.25, 0.3) is 15.6 Å². The van der Waals surface area contributed by atoms with Crippen LogP contribution in [0.2, 0.25) is 0 Å². The Morgan fingerprint density at radius 1 is 0.935 bits per heavy atom. The zero-order valence-electron chi connectivity index (χ0n) is 24.4. The van der Waals surface area contributed by atoms with E-state index < -0.39 is 50.9 Å². The van der Waals surface area contributed by atoms with Crippen LogP contribution in [0.4, 0.5) is 13.2 Å². The number of rotatable bonds is 7. The molecule has 1 N–H and O–H groups in total. The summed E-state index contributed by atoms with van der Waals surface area (Å²) in [5.74, 6) is -0.940. The molecule has 12 heteroatoms. The Bertz CT molecular complexity index is 2140. The molecule has 1 aliphatic rings. The lowest BCUT2D eigenvalue weighted by molar-refractivity contribution is -0.141. The monoisotopic (exact) mass is 648 g/mol. The number of carboxylic acids is 1. The second-order valence-electron chi connectivity index (χ2n) is 11.0. The largest absolute Gasteiger partial charge is 0.497 e. The van der Waals surface area contributed by atoms with Gasteiger partial charge in [-0.1, -0.05) is 66.7 Å². The fourth-order valence-corrected chi connectivity index (χ4v) is 7.79. The van der Waals surface area contributed by atoms with E-state index >= 15 is 0 Å². The molecule has 4 aromatic carbocycles. The molecule has 1 aliphatic heterocycles. The third-order valence-corrected chi connectivity index (χ3v) is 9.95. The summed E-state index contributed by atoms with van der Waals surface area (Å²) in [6.45, 7) is -0.818. The molecule has 0 bridgehead atoms. The highest BCUT2D eigenvalue weighted by Crippen LogP contribution is 2.40. The van der Waals surface area contributed by atoms with Crippen LogP contribution in [0.1, 0.15) is 28.3 Å². The molecule has 46 heavy (non-hydrogen) atoms. The predicted octanol–water partition coefficient (Wildman–Crippen LogP) is 6.12. The molecule has 1 aromatic heterocycles. The molecule has 1 unspecified atom stereocenters. The molecular formula is C34H27F3N2O6S. The number of ether oxygens (including phenoxy) is 1. The lowest BCUT2D eigenvalue weighted by Gasteiger charge is -2.35. The normalized spacial score (nSPS) is 16.2. The zero-order valence-corrected chi connectivity index (χ0v) is 25.2. The van der Waals surface area contributed by atoms with Crippen LogP contribution >= 0.6 is 0 Å². The van der Waals surface area contributed by atoms with Crippen molar-refractivity contribution in [2.75, 3.05) is 13.7 Å². The molecule has 5 aromatic rings. The summed E-state index contributed by atoms with van der Waals surface area (Å²) in [7, 11) is -3.18. The van der Waals surface area contributed by atoms with Crippen LogP contribution in [0, 0.1) is 0 Å². The number of pyridine rings is 1. The summed E-state index contributed by atoms with van der Waals surface area (Å²) in [5.41, 5.74) is -0.834. The molecule has 2 heterocycles. The number of fused-ring (bicyclic) bond motifs is 2. The van der Waals surface area contributed by atoms with Crippen LogP contribution in [0.25, 0.3) is 21.9 Å². The smallest absolute Gasteiger partial charge is 0.416 e. The molecule has 0 fully saturated rings. The molecular weight excluding hydrogens is 621 g/mol. The quantitative estimate of drug-likeness (QED) is 0.228. The minimum Gasteiger partial charge on any atom is -0.497 e. The van der Waals surface area contributed by atoms with E-state index in [1.807, 2.05) is 30.3 Å². The number of hydrogen-bond donors (Lipinski definition) is 1. The first-order chi connectivity index (χ1) is 21.9. The van der Waals surface area contributed by atoms with Gasteiger partial charge >= 0.3 is 12.1 Å². The summed E-state index contributed by atoms with van der Waals surface area (Å²) in [4.78, 5) is 26.3. The Morgan fingerprint density at radius 2 is 1.63 bits per heavy atom. The van der Waals surface area contributed by atoms with Gasteiger partial charge in [-0.2, -0.15) is 17.5 Å². The predicted molar refractivity (Wildman–Crippen MR) is 165 cm³/mol. The topological polar surface area (TPSA) is 106 Å². The van der Waals surface area contributed by atoms with Gasteiger partial charge in [-0.15, -0.1) is 0 Å². The molecule has 0 saturated carbocycles. The van der Waals surface area contributed by atoms with E-state index in [4.69, 9.17) is 4.74 Å². The van der Waals surface area contributed by atoms with Gasteiger partial charge in [-0.3, -0.25) is 9.36 Å². The van der Waals surface area contributed by atoms with Crippen molar-refractivity contribution in [3.8, 4) is 16.9 Å². The maximum atomic E-state index is 14.5. The van der Waals surface area contributed by atoms with Crippen molar-refractivity contribution >= 4 is 26.8 Å². The first kappa shape index (κ1) is 31.1. The lowest BCUT2D eigenvalue weighted by Crippen LogP contribution is -2.49. The fourth-order valence-electron chi connectivity index (χ4n) is 5.92. The number of nitrogens with zero attached hydrogens (tertiary/aromatic N) is 2. The van der Waals surface area contributed by atoms with E-state index in [0.29, 0.717) is 21.4 Å². The van der Waals surface area contributed by atoms with Crippen molar-refractivity contribution < 1.29 is 36.2 Å². The molecule has 8 nitrogen and oxygen atoms in total. The fraction of sp³-hybridized carbons (Fsp3) is 0.176. The van der Waals surface area contributed by atoms with Crippen LogP contribution in [0.5, 0.6) is 5.75 Å². The van der Waals surface area contributed by atoms with E-state index in [1.165, 1.54) is 13.2 Å². The second-order valence-corrected chi connectivity index (χ2v) is 12.8. The van der Waals surface area contributed by atoms with Gasteiger partial charge in [-0.05, 0) is 63.7 Å². The van der Waals surface area contributed by atoms with Crippen molar-refractivity contribution in [3.05, 3.63) is 130 Å². The number of alkyl halides is 3. The Kier molecular flexibility index (Phi) is 7.95. The highest BCUT2D eigenvalue weighted by molar-refractivity contribution is 7.89. The summed E-state index contributed by atoms with van der Waals surface area (Å²) < 4.78 is 77.5. The van der Waals surface area contributed by atoms with Gasteiger partial charge in [-0.25, -0.2) is 13.2 Å². The van der Waals surface area contributed by atoms with Crippen LogP contribution in [-0.4, -0.2) is 42.0 Å². The number of aromatic nitrogens is 1. The number of methoxy groups -OCH3 is 1. The lowest BCUT2D eigenvalue weighted by atomic mass is 9.93. The molecule has 0 aliphatic carbocycles. The van der Waals surface area contributed by atoms with Gasteiger partial charge < -0.3 is 9.84 Å². The highest BCUT2D eigenvalue weighted by Gasteiger charge is 2.43. The van der Waals surface area contributed by atoms with Gasteiger partial charge in [0, 0.05) is 24.7 Å². The average Bonchev–Trinajstić information content (AvgIpc) is 3.02. The summed E-state index contributed by atoms with van der Waals surface area (Å²) >= 11 is 0. The highest BCUT2D eigenvalue weighted by atomic mass is 32.2. The summed E-state index contributed by atoms with van der Waals surface area (Å²) in [6.07, 6.45) is -4.76. The third kappa shape index (κ3) is 5.65. The number of sulfonamides is 1. The molecule has 0 radical (unpaired) electrons. The standard InChI is InChI=1S/C34H27F3N2O6S/c1-45-27-14-12-21(13-15-27)19-38-20-29(33(41)42)39-30(40)18-25(16-23-8-4-7-22-6-2-3-11-28(22)23)31(32(39)46(38,43)44)24-9-5-10-26(17-24)34(35,36)37/h2-15,17-18,29H,16,19-20H2,1H3,(H,41,42). The Hall–Kier alpha value is -4.94. The van der Waals surface area contributed by atoms with Crippen LogP contribution in [-0.2, 0) is 34.0 Å². The van der Waals surface area contributed by atoms with Crippen molar-refractivity contribution in [3.63, 3.8) is 0 Å². The molecule has 1 atom stereocenters. The van der Waals surface area contributed by atoms with Crippen LogP contribution < -0.4 is 10.3 Å². The molecule has 0 saturated heterocycles. The minimum atomic E-state index is -4.75. The van der Waals surface area contributed by atoms with E-state index in [9.17, 15) is 36.3 Å². The van der Waals surface area contributed by atoms with E-state index in [0.717, 1.165) is 39.3 Å². The first-order valence-electron chi connectivity index (χ1n) is 14.2. The Balaban J connectivity index is 1.63. The van der Waals surface area contributed by atoms with Crippen molar-refractivity contribution in [2.45, 2.75) is 30.2 Å². The summed E-state index contributed by atoms with van der Waals surface area (Å²) in [6, 6.07) is 23.0. The van der Waals surface area contributed by atoms with Crippen molar-refractivity contribution in [1.29, 1.82) is 0 Å². The minimum absolute atomic E-state index is 0.0122. The van der Waals surface area contributed by atoms with E-state index in [-0.39, 0.29) is 29.7 Å².